The normalized spacial score (nSPS) is 15.6. The van der Waals surface area contributed by atoms with Gasteiger partial charge in [0.1, 0.15) is 0 Å². The highest BCUT2D eigenvalue weighted by Gasteiger charge is 2.35. The molecule has 7 heteroatoms. The molecule has 0 aromatic heterocycles. The standard InChI is InChI=1S/C18H17NO6/c1-23-16-8-12-11(7-15(20)13(12)9-17(16)24-2)10-5-4-6-14(19(21)22)18(10)25-3/h4-6,8-9,11H,7H2,1-3H3. The summed E-state index contributed by atoms with van der Waals surface area (Å²) in [6.07, 6.45) is 0.211. The first-order valence-corrected chi connectivity index (χ1v) is 7.62. The number of benzene rings is 2. The average Bonchev–Trinajstić information content (AvgIpc) is 2.95. The molecule has 25 heavy (non-hydrogen) atoms. The fourth-order valence-corrected chi connectivity index (χ4v) is 3.29. The molecule has 0 bridgehead atoms. The summed E-state index contributed by atoms with van der Waals surface area (Å²) in [7, 11) is 4.41. The zero-order valence-electron chi connectivity index (χ0n) is 14.1. The van der Waals surface area contributed by atoms with Gasteiger partial charge in [0.15, 0.2) is 17.3 Å². The smallest absolute Gasteiger partial charge is 0.311 e. The summed E-state index contributed by atoms with van der Waals surface area (Å²) in [4.78, 5) is 23.2. The number of carbonyl (C=O) groups is 1. The summed E-state index contributed by atoms with van der Waals surface area (Å²) >= 11 is 0. The number of carbonyl (C=O) groups excluding carboxylic acids is 1. The molecule has 130 valence electrons. The second-order valence-electron chi connectivity index (χ2n) is 5.63. The van der Waals surface area contributed by atoms with Crippen LogP contribution in [0.1, 0.15) is 33.8 Å². The van der Waals surface area contributed by atoms with Crippen LogP contribution in [0.25, 0.3) is 0 Å². The number of para-hydroxylation sites is 1. The molecule has 1 aliphatic carbocycles. The minimum Gasteiger partial charge on any atom is -0.493 e. The van der Waals surface area contributed by atoms with Crippen molar-refractivity contribution in [2.75, 3.05) is 21.3 Å². The quantitative estimate of drug-likeness (QED) is 0.611. The van der Waals surface area contributed by atoms with E-state index in [2.05, 4.69) is 0 Å². The molecule has 3 rings (SSSR count). The van der Waals surface area contributed by atoms with E-state index < -0.39 is 4.92 Å². The third-order valence-electron chi connectivity index (χ3n) is 4.42. The van der Waals surface area contributed by atoms with E-state index in [4.69, 9.17) is 14.2 Å². The Hall–Kier alpha value is -3.09. The Balaban J connectivity index is 2.19. The van der Waals surface area contributed by atoms with E-state index in [1.165, 1.54) is 27.4 Å². The Morgan fingerprint density at radius 2 is 1.72 bits per heavy atom. The van der Waals surface area contributed by atoms with E-state index in [0.29, 0.717) is 22.6 Å². The Morgan fingerprint density at radius 1 is 1.04 bits per heavy atom. The van der Waals surface area contributed by atoms with Gasteiger partial charge in [0.05, 0.1) is 26.3 Å². The van der Waals surface area contributed by atoms with Crippen LogP contribution in [0.2, 0.25) is 0 Å². The van der Waals surface area contributed by atoms with Gasteiger partial charge < -0.3 is 14.2 Å². The maximum Gasteiger partial charge on any atom is 0.311 e. The lowest BCUT2D eigenvalue weighted by Gasteiger charge is -2.16. The van der Waals surface area contributed by atoms with Crippen molar-refractivity contribution >= 4 is 11.5 Å². The van der Waals surface area contributed by atoms with Gasteiger partial charge in [-0.2, -0.15) is 0 Å². The highest BCUT2D eigenvalue weighted by Crippen LogP contribution is 2.47. The van der Waals surface area contributed by atoms with Crippen molar-refractivity contribution in [3.8, 4) is 17.2 Å². The molecule has 7 nitrogen and oxygen atoms in total. The van der Waals surface area contributed by atoms with Gasteiger partial charge in [-0.05, 0) is 17.7 Å². The maximum atomic E-state index is 12.5. The molecule has 0 N–H and O–H groups in total. The summed E-state index contributed by atoms with van der Waals surface area (Å²) in [6.45, 7) is 0. The van der Waals surface area contributed by atoms with Crippen LogP contribution in [0.5, 0.6) is 17.2 Å². The lowest BCUT2D eigenvalue weighted by atomic mass is 9.91. The van der Waals surface area contributed by atoms with Crippen molar-refractivity contribution in [3.05, 3.63) is 57.1 Å². The van der Waals surface area contributed by atoms with Crippen LogP contribution in [0.4, 0.5) is 5.69 Å². The number of rotatable bonds is 5. The summed E-state index contributed by atoms with van der Waals surface area (Å²) in [5.74, 6) is 0.770. The Labute approximate surface area is 144 Å². The van der Waals surface area contributed by atoms with Crippen molar-refractivity contribution in [2.45, 2.75) is 12.3 Å². The predicted octanol–water partition coefficient (Wildman–Crippen LogP) is 3.34. The van der Waals surface area contributed by atoms with Crippen LogP contribution in [-0.2, 0) is 0 Å². The molecule has 0 radical (unpaired) electrons. The number of hydrogen-bond donors (Lipinski definition) is 0. The number of fused-ring (bicyclic) bond motifs is 1. The Kier molecular flexibility index (Phi) is 4.31. The van der Waals surface area contributed by atoms with E-state index in [0.717, 1.165) is 5.56 Å². The predicted molar refractivity (Wildman–Crippen MR) is 90.0 cm³/mol. The molecule has 2 aromatic carbocycles. The van der Waals surface area contributed by atoms with Crippen LogP contribution in [0.15, 0.2) is 30.3 Å². The fourth-order valence-electron chi connectivity index (χ4n) is 3.29. The molecule has 2 aromatic rings. The third kappa shape index (κ3) is 2.67. The lowest BCUT2D eigenvalue weighted by molar-refractivity contribution is -0.385. The first-order valence-electron chi connectivity index (χ1n) is 7.62. The molecule has 1 aliphatic rings. The van der Waals surface area contributed by atoms with Crippen molar-refractivity contribution in [3.63, 3.8) is 0 Å². The molecule has 0 spiro atoms. The molecule has 0 fully saturated rings. The fraction of sp³-hybridized carbons (Fsp3) is 0.278. The van der Waals surface area contributed by atoms with Crippen molar-refractivity contribution in [2.24, 2.45) is 0 Å². The van der Waals surface area contributed by atoms with Gasteiger partial charge in [-0.1, -0.05) is 12.1 Å². The minimum absolute atomic E-state index is 0.0467. The number of nitro groups is 1. The molecule has 1 unspecified atom stereocenters. The largest absolute Gasteiger partial charge is 0.493 e. The van der Waals surface area contributed by atoms with Crippen molar-refractivity contribution in [1.29, 1.82) is 0 Å². The number of nitrogens with zero attached hydrogens (tertiary/aromatic N) is 1. The summed E-state index contributed by atoms with van der Waals surface area (Å²) < 4.78 is 15.9. The highest BCUT2D eigenvalue weighted by atomic mass is 16.6. The van der Waals surface area contributed by atoms with Gasteiger partial charge >= 0.3 is 5.69 Å². The summed E-state index contributed by atoms with van der Waals surface area (Å²) in [6, 6.07) is 8.13. The molecule has 0 aliphatic heterocycles. The molecule has 0 saturated heterocycles. The van der Waals surface area contributed by atoms with Crippen molar-refractivity contribution in [1.82, 2.24) is 0 Å². The van der Waals surface area contributed by atoms with E-state index in [1.807, 2.05) is 0 Å². The third-order valence-corrected chi connectivity index (χ3v) is 4.42. The van der Waals surface area contributed by atoms with Crippen LogP contribution < -0.4 is 14.2 Å². The highest BCUT2D eigenvalue weighted by molar-refractivity contribution is 6.02. The number of hydrogen-bond acceptors (Lipinski definition) is 6. The molecule has 0 amide bonds. The SMILES string of the molecule is COc1cc2c(cc1OC)C(c1cccc([N+](=O)[O-])c1OC)CC2=O. The molecule has 0 saturated carbocycles. The van der Waals surface area contributed by atoms with Crippen LogP contribution in [0.3, 0.4) is 0 Å². The van der Waals surface area contributed by atoms with Gasteiger partial charge in [0.25, 0.3) is 0 Å². The number of methoxy groups -OCH3 is 3. The summed E-state index contributed by atoms with van der Waals surface area (Å²) in [5.41, 5.74) is 1.77. The number of ether oxygens (including phenoxy) is 3. The zero-order valence-corrected chi connectivity index (χ0v) is 14.1. The number of Topliss-reactive ketones (excluding diaryl/α,β-unsaturated/α-hetero) is 1. The van der Waals surface area contributed by atoms with E-state index in [-0.39, 0.29) is 29.6 Å². The number of ketones is 1. The van der Waals surface area contributed by atoms with Gasteiger partial charge in [-0.25, -0.2) is 0 Å². The van der Waals surface area contributed by atoms with Crippen LogP contribution in [-0.4, -0.2) is 32.0 Å². The molecule has 1 atom stereocenters. The molecular formula is C18H17NO6. The van der Waals surface area contributed by atoms with Gasteiger partial charge in [0, 0.05) is 29.5 Å². The zero-order chi connectivity index (χ0) is 18.1. The van der Waals surface area contributed by atoms with Crippen molar-refractivity contribution < 1.29 is 23.9 Å². The molecular weight excluding hydrogens is 326 g/mol. The number of nitro benzene ring substituents is 1. The van der Waals surface area contributed by atoms with Crippen LogP contribution in [0, 0.1) is 10.1 Å². The Morgan fingerprint density at radius 3 is 2.32 bits per heavy atom. The lowest BCUT2D eigenvalue weighted by Crippen LogP contribution is -2.03. The second kappa shape index (κ2) is 6.43. The van der Waals surface area contributed by atoms with Gasteiger partial charge in [-0.15, -0.1) is 0 Å². The van der Waals surface area contributed by atoms with Gasteiger partial charge in [-0.3, -0.25) is 14.9 Å². The van der Waals surface area contributed by atoms with E-state index in [9.17, 15) is 14.9 Å². The topological polar surface area (TPSA) is 87.9 Å². The summed E-state index contributed by atoms with van der Waals surface area (Å²) in [5, 5.41) is 11.3. The second-order valence-corrected chi connectivity index (χ2v) is 5.63. The average molecular weight is 343 g/mol. The maximum absolute atomic E-state index is 12.5. The van der Waals surface area contributed by atoms with E-state index in [1.54, 1.807) is 24.3 Å². The minimum atomic E-state index is -0.491. The Bertz CT molecular complexity index is 861. The molecule has 0 heterocycles. The first kappa shape index (κ1) is 16.8. The monoisotopic (exact) mass is 343 g/mol. The van der Waals surface area contributed by atoms with E-state index >= 15 is 0 Å². The van der Waals surface area contributed by atoms with Crippen LogP contribution >= 0.6 is 0 Å². The van der Waals surface area contributed by atoms with Gasteiger partial charge in [0.2, 0.25) is 5.75 Å². The first-order chi connectivity index (χ1) is 12.0.